The summed E-state index contributed by atoms with van der Waals surface area (Å²) < 4.78 is 10.9. The number of amides is 1. The fraction of sp³-hybridized carbons (Fsp3) is 0.462. The summed E-state index contributed by atoms with van der Waals surface area (Å²) in [7, 11) is 0. The van der Waals surface area contributed by atoms with Crippen molar-refractivity contribution in [1.29, 1.82) is 0 Å². The van der Waals surface area contributed by atoms with Gasteiger partial charge in [-0.25, -0.2) is 4.79 Å². The Hall–Kier alpha value is -2.82. The molecule has 0 atom stereocenters. The number of hydrogen-bond donors (Lipinski definition) is 1. The molecule has 0 radical (unpaired) electrons. The Labute approximate surface area is 185 Å². The van der Waals surface area contributed by atoms with Crippen molar-refractivity contribution in [3.63, 3.8) is 0 Å². The number of esters is 1. The fourth-order valence-electron chi connectivity index (χ4n) is 4.31. The SMILES string of the molecule is CCCOc1ccc(NC(=O)C2(c3cccc(C)c3)CCCCC2)cc1C(=O)OCC. The highest BCUT2D eigenvalue weighted by atomic mass is 16.5. The molecule has 2 aromatic rings. The molecule has 1 fully saturated rings. The molecule has 166 valence electrons. The molecule has 2 aromatic carbocycles. The van der Waals surface area contributed by atoms with Gasteiger partial charge in [0.15, 0.2) is 0 Å². The second kappa shape index (κ2) is 10.5. The molecule has 0 aliphatic heterocycles. The van der Waals surface area contributed by atoms with Crippen LogP contribution in [-0.4, -0.2) is 25.1 Å². The summed E-state index contributed by atoms with van der Waals surface area (Å²) >= 11 is 0. The minimum absolute atomic E-state index is 0.0187. The number of hydrogen-bond acceptors (Lipinski definition) is 4. The van der Waals surface area contributed by atoms with Gasteiger partial charge in [0.25, 0.3) is 0 Å². The Morgan fingerprint density at radius 3 is 2.48 bits per heavy atom. The molecule has 0 spiro atoms. The van der Waals surface area contributed by atoms with Crippen molar-refractivity contribution in [1.82, 2.24) is 0 Å². The van der Waals surface area contributed by atoms with E-state index in [1.165, 1.54) is 0 Å². The maximum atomic E-state index is 13.6. The van der Waals surface area contributed by atoms with Crippen LogP contribution in [0.2, 0.25) is 0 Å². The van der Waals surface area contributed by atoms with Crippen molar-refractivity contribution in [2.75, 3.05) is 18.5 Å². The van der Waals surface area contributed by atoms with Crippen LogP contribution in [0.4, 0.5) is 5.69 Å². The van der Waals surface area contributed by atoms with Crippen LogP contribution < -0.4 is 10.1 Å². The monoisotopic (exact) mass is 423 g/mol. The Kier molecular flexibility index (Phi) is 7.72. The van der Waals surface area contributed by atoms with Gasteiger partial charge in [0.2, 0.25) is 5.91 Å². The summed E-state index contributed by atoms with van der Waals surface area (Å²) in [4.78, 5) is 26.1. The van der Waals surface area contributed by atoms with Crippen LogP contribution >= 0.6 is 0 Å². The first kappa shape index (κ1) is 22.9. The Bertz CT molecular complexity index is 915. The van der Waals surface area contributed by atoms with Crippen molar-refractivity contribution in [3.8, 4) is 5.75 Å². The molecule has 31 heavy (non-hydrogen) atoms. The predicted molar refractivity (Wildman–Crippen MR) is 123 cm³/mol. The van der Waals surface area contributed by atoms with Gasteiger partial charge in [-0.1, -0.05) is 56.0 Å². The van der Waals surface area contributed by atoms with E-state index in [-0.39, 0.29) is 12.5 Å². The first-order valence-corrected chi connectivity index (χ1v) is 11.3. The topological polar surface area (TPSA) is 64.6 Å². The van der Waals surface area contributed by atoms with Gasteiger partial charge >= 0.3 is 5.97 Å². The molecule has 0 heterocycles. The summed E-state index contributed by atoms with van der Waals surface area (Å²) in [6, 6.07) is 13.4. The smallest absolute Gasteiger partial charge is 0.341 e. The lowest BCUT2D eigenvalue weighted by Gasteiger charge is -2.36. The van der Waals surface area contributed by atoms with Gasteiger partial charge in [-0.3, -0.25) is 4.79 Å². The zero-order valence-electron chi connectivity index (χ0n) is 18.8. The number of anilines is 1. The predicted octanol–water partition coefficient (Wildman–Crippen LogP) is 5.80. The van der Waals surface area contributed by atoms with E-state index in [9.17, 15) is 9.59 Å². The first-order valence-electron chi connectivity index (χ1n) is 11.3. The third-order valence-electron chi connectivity index (χ3n) is 5.91. The summed E-state index contributed by atoms with van der Waals surface area (Å²) in [6.45, 7) is 6.62. The highest BCUT2D eigenvalue weighted by Gasteiger charge is 2.41. The maximum absolute atomic E-state index is 13.6. The van der Waals surface area contributed by atoms with Crippen LogP contribution in [-0.2, 0) is 14.9 Å². The fourth-order valence-corrected chi connectivity index (χ4v) is 4.31. The van der Waals surface area contributed by atoms with Crippen LogP contribution in [0, 0.1) is 6.92 Å². The van der Waals surface area contributed by atoms with Gasteiger partial charge in [0, 0.05) is 5.69 Å². The van der Waals surface area contributed by atoms with E-state index in [1.807, 2.05) is 13.0 Å². The Morgan fingerprint density at radius 2 is 1.81 bits per heavy atom. The van der Waals surface area contributed by atoms with Gasteiger partial charge in [-0.05, 0) is 56.9 Å². The standard InChI is InChI=1S/C26H33NO4/c1-4-16-31-23-13-12-21(18-22(23)24(28)30-5-2)27-25(29)26(14-7-6-8-15-26)20-11-9-10-19(3)17-20/h9-13,17-18H,4-8,14-16H2,1-3H3,(H,27,29). The van der Waals surface area contributed by atoms with Gasteiger partial charge < -0.3 is 14.8 Å². The second-order valence-corrected chi connectivity index (χ2v) is 8.25. The molecule has 0 aromatic heterocycles. The van der Waals surface area contributed by atoms with Gasteiger partial charge in [-0.15, -0.1) is 0 Å². The number of carbonyl (C=O) groups is 2. The van der Waals surface area contributed by atoms with Crippen molar-refractivity contribution in [3.05, 3.63) is 59.2 Å². The zero-order valence-corrected chi connectivity index (χ0v) is 18.8. The van der Waals surface area contributed by atoms with Crippen molar-refractivity contribution in [2.45, 2.75) is 64.7 Å². The molecule has 5 nitrogen and oxygen atoms in total. The number of aryl methyl sites for hydroxylation is 1. The van der Waals surface area contributed by atoms with Gasteiger partial charge in [0.1, 0.15) is 11.3 Å². The van der Waals surface area contributed by atoms with Crippen molar-refractivity contribution >= 4 is 17.6 Å². The molecule has 1 amide bonds. The maximum Gasteiger partial charge on any atom is 0.341 e. The summed E-state index contributed by atoms with van der Waals surface area (Å²) in [5.41, 5.74) is 2.58. The lowest BCUT2D eigenvalue weighted by atomic mass is 9.68. The molecule has 3 rings (SSSR count). The normalized spacial score (nSPS) is 15.2. The van der Waals surface area contributed by atoms with Crippen molar-refractivity contribution in [2.24, 2.45) is 0 Å². The lowest BCUT2D eigenvalue weighted by molar-refractivity contribution is -0.122. The number of rotatable bonds is 8. The van der Waals surface area contributed by atoms with E-state index in [1.54, 1.807) is 25.1 Å². The van der Waals surface area contributed by atoms with E-state index in [2.05, 4.69) is 30.4 Å². The minimum Gasteiger partial charge on any atom is -0.493 e. The highest BCUT2D eigenvalue weighted by Crippen LogP contribution is 2.41. The molecule has 0 saturated heterocycles. The van der Waals surface area contributed by atoms with E-state index in [0.29, 0.717) is 23.6 Å². The third-order valence-corrected chi connectivity index (χ3v) is 5.91. The van der Waals surface area contributed by atoms with Gasteiger partial charge in [-0.2, -0.15) is 0 Å². The summed E-state index contributed by atoms with van der Waals surface area (Å²) in [6.07, 6.45) is 5.69. The van der Waals surface area contributed by atoms with Crippen LogP contribution in [0.5, 0.6) is 5.75 Å². The van der Waals surface area contributed by atoms with Crippen LogP contribution in [0.25, 0.3) is 0 Å². The van der Waals surface area contributed by atoms with Crippen LogP contribution in [0.3, 0.4) is 0 Å². The molecule has 0 bridgehead atoms. The quantitative estimate of drug-likeness (QED) is 0.545. The van der Waals surface area contributed by atoms with Gasteiger partial charge in [0.05, 0.1) is 18.6 Å². The van der Waals surface area contributed by atoms with E-state index >= 15 is 0 Å². The zero-order chi connectivity index (χ0) is 22.3. The minimum atomic E-state index is -0.550. The largest absolute Gasteiger partial charge is 0.493 e. The number of nitrogens with one attached hydrogen (secondary N) is 1. The van der Waals surface area contributed by atoms with E-state index < -0.39 is 11.4 Å². The molecule has 1 N–H and O–H groups in total. The Morgan fingerprint density at radius 1 is 1.03 bits per heavy atom. The average molecular weight is 424 g/mol. The molecule has 5 heteroatoms. The summed E-state index contributed by atoms with van der Waals surface area (Å²) in [5, 5.41) is 3.09. The molecule has 1 saturated carbocycles. The lowest BCUT2D eigenvalue weighted by Crippen LogP contribution is -2.42. The second-order valence-electron chi connectivity index (χ2n) is 8.25. The molecular weight excluding hydrogens is 390 g/mol. The number of carbonyl (C=O) groups excluding carboxylic acids is 2. The van der Waals surface area contributed by atoms with E-state index in [4.69, 9.17) is 9.47 Å². The van der Waals surface area contributed by atoms with Crippen LogP contribution in [0.15, 0.2) is 42.5 Å². The first-order chi connectivity index (χ1) is 15.0. The molecule has 0 unspecified atom stereocenters. The van der Waals surface area contributed by atoms with Crippen molar-refractivity contribution < 1.29 is 19.1 Å². The average Bonchev–Trinajstić information content (AvgIpc) is 2.78. The Balaban J connectivity index is 1.91. The third kappa shape index (κ3) is 5.27. The highest BCUT2D eigenvalue weighted by molar-refractivity contribution is 6.01. The molecular formula is C26H33NO4. The molecule has 1 aliphatic carbocycles. The van der Waals surface area contributed by atoms with Crippen LogP contribution in [0.1, 0.15) is 73.9 Å². The number of benzene rings is 2. The molecule has 1 aliphatic rings. The van der Waals surface area contributed by atoms with E-state index in [0.717, 1.165) is 49.7 Å². The summed E-state index contributed by atoms with van der Waals surface area (Å²) in [5.74, 6) is 0.00923. The number of ether oxygens (including phenoxy) is 2.